The van der Waals surface area contributed by atoms with Crippen molar-refractivity contribution in [1.82, 2.24) is 14.7 Å². The van der Waals surface area contributed by atoms with Gasteiger partial charge in [-0.1, -0.05) is 0 Å². The highest BCUT2D eigenvalue weighted by Gasteiger charge is 2.38. The maximum Gasteiger partial charge on any atom is 0.407 e. The molecule has 0 saturated carbocycles. The van der Waals surface area contributed by atoms with Gasteiger partial charge in [0, 0.05) is 31.0 Å². The number of hydrogen-bond acceptors (Lipinski definition) is 3. The lowest BCUT2D eigenvalue weighted by atomic mass is 10.1. The molecule has 2 heterocycles. The summed E-state index contributed by atoms with van der Waals surface area (Å²) in [5.74, 6) is 0. The smallest absolute Gasteiger partial charge is 0.407 e. The third kappa shape index (κ3) is 1.81. The zero-order valence-electron chi connectivity index (χ0n) is 10.1. The van der Waals surface area contributed by atoms with Gasteiger partial charge in [-0.2, -0.15) is 0 Å². The second-order valence-electron chi connectivity index (χ2n) is 5.32. The Hall–Kier alpha value is -1.39. The van der Waals surface area contributed by atoms with Gasteiger partial charge in [0.15, 0.2) is 0 Å². The van der Waals surface area contributed by atoms with Crippen LogP contribution in [0.1, 0.15) is 20.8 Å². The van der Waals surface area contributed by atoms with Crippen LogP contribution in [0, 0.1) is 0 Å². The Bertz CT molecular complexity index is 322. The van der Waals surface area contributed by atoms with E-state index in [2.05, 4.69) is 43.0 Å². The fourth-order valence-electron chi connectivity index (χ4n) is 2.30. The van der Waals surface area contributed by atoms with Crippen LogP contribution in [-0.4, -0.2) is 57.2 Å². The largest absolute Gasteiger partial charge is 0.465 e. The van der Waals surface area contributed by atoms with Gasteiger partial charge in [-0.05, 0) is 20.8 Å². The van der Waals surface area contributed by atoms with Gasteiger partial charge in [0.1, 0.15) is 6.17 Å². The molecule has 90 valence electrons. The molecule has 1 N–H and O–H groups in total. The van der Waals surface area contributed by atoms with E-state index in [9.17, 15) is 4.79 Å². The molecule has 2 aliphatic rings. The summed E-state index contributed by atoms with van der Waals surface area (Å²) in [6, 6.07) is 0. The molecule has 0 bridgehead atoms. The molecule has 1 fully saturated rings. The van der Waals surface area contributed by atoms with Gasteiger partial charge in [0.2, 0.25) is 0 Å². The number of fused-ring (bicyclic) bond motifs is 1. The number of carbonyl (C=O) groups is 1. The van der Waals surface area contributed by atoms with Crippen LogP contribution in [0.15, 0.2) is 12.4 Å². The van der Waals surface area contributed by atoms with E-state index in [1.807, 2.05) is 0 Å². The monoisotopic (exact) mass is 225 g/mol. The molecule has 16 heavy (non-hydrogen) atoms. The van der Waals surface area contributed by atoms with E-state index >= 15 is 0 Å². The number of amides is 1. The van der Waals surface area contributed by atoms with Crippen LogP contribution in [0.4, 0.5) is 4.79 Å². The van der Waals surface area contributed by atoms with E-state index in [-0.39, 0.29) is 11.7 Å². The molecule has 0 radical (unpaired) electrons. The Morgan fingerprint density at radius 3 is 2.56 bits per heavy atom. The van der Waals surface area contributed by atoms with Gasteiger partial charge >= 0.3 is 6.09 Å². The van der Waals surface area contributed by atoms with E-state index in [0.29, 0.717) is 13.1 Å². The highest BCUT2D eigenvalue weighted by molar-refractivity contribution is 5.65. The molecule has 1 unspecified atom stereocenters. The number of carboxylic acid groups (broad SMARTS) is 1. The number of piperazine rings is 1. The highest BCUT2D eigenvalue weighted by Crippen LogP contribution is 2.27. The summed E-state index contributed by atoms with van der Waals surface area (Å²) < 4.78 is 0. The Balaban J connectivity index is 2.12. The molecular weight excluding hydrogens is 206 g/mol. The van der Waals surface area contributed by atoms with Crippen molar-refractivity contribution < 1.29 is 9.90 Å². The Kier molecular flexibility index (Phi) is 2.48. The molecule has 0 aromatic heterocycles. The van der Waals surface area contributed by atoms with Crippen LogP contribution in [0.25, 0.3) is 0 Å². The van der Waals surface area contributed by atoms with E-state index in [4.69, 9.17) is 5.11 Å². The molecule has 1 atom stereocenters. The molecule has 0 spiro atoms. The summed E-state index contributed by atoms with van der Waals surface area (Å²) in [5, 5.41) is 9.02. The van der Waals surface area contributed by atoms with Gasteiger partial charge in [-0.3, -0.25) is 0 Å². The Morgan fingerprint density at radius 2 is 2.00 bits per heavy atom. The summed E-state index contributed by atoms with van der Waals surface area (Å²) in [4.78, 5) is 16.9. The van der Waals surface area contributed by atoms with Crippen LogP contribution in [0.2, 0.25) is 0 Å². The average Bonchev–Trinajstić information content (AvgIpc) is 2.58. The van der Waals surface area contributed by atoms with Crippen LogP contribution >= 0.6 is 0 Å². The second kappa shape index (κ2) is 3.57. The van der Waals surface area contributed by atoms with Gasteiger partial charge in [0.05, 0.1) is 6.54 Å². The Morgan fingerprint density at radius 1 is 1.31 bits per heavy atom. The lowest BCUT2D eigenvalue weighted by Gasteiger charge is -2.45. The topological polar surface area (TPSA) is 47.0 Å². The predicted molar refractivity (Wildman–Crippen MR) is 60.8 cm³/mol. The molecule has 1 saturated heterocycles. The van der Waals surface area contributed by atoms with Crippen LogP contribution in [0.3, 0.4) is 0 Å². The first-order chi connectivity index (χ1) is 7.39. The Labute approximate surface area is 95.9 Å². The summed E-state index contributed by atoms with van der Waals surface area (Å²) in [6.45, 7) is 8.34. The fourth-order valence-corrected chi connectivity index (χ4v) is 2.30. The summed E-state index contributed by atoms with van der Waals surface area (Å²) in [5.41, 5.74) is 0.0252. The lowest BCUT2D eigenvalue weighted by Crippen LogP contribution is -2.58. The SMILES string of the molecule is CC(C)(C)N1C=CN2CCN(C(=O)O)CC21. The first kappa shape index (κ1) is 11.1. The van der Waals surface area contributed by atoms with E-state index in [1.54, 1.807) is 0 Å². The van der Waals surface area contributed by atoms with Crippen molar-refractivity contribution in [2.45, 2.75) is 32.5 Å². The molecule has 0 aromatic rings. The fraction of sp³-hybridized carbons (Fsp3) is 0.727. The summed E-state index contributed by atoms with van der Waals surface area (Å²) in [7, 11) is 0. The van der Waals surface area contributed by atoms with Crippen LogP contribution in [0.5, 0.6) is 0 Å². The van der Waals surface area contributed by atoms with Crippen molar-refractivity contribution in [3.05, 3.63) is 12.4 Å². The average molecular weight is 225 g/mol. The van der Waals surface area contributed by atoms with Gasteiger partial charge < -0.3 is 19.8 Å². The maximum atomic E-state index is 11.0. The first-order valence-electron chi connectivity index (χ1n) is 5.60. The zero-order valence-corrected chi connectivity index (χ0v) is 10.1. The molecule has 5 nitrogen and oxygen atoms in total. The molecular formula is C11H19N3O2. The van der Waals surface area contributed by atoms with Crippen molar-refractivity contribution in [3.8, 4) is 0 Å². The molecule has 2 rings (SSSR count). The van der Waals surface area contributed by atoms with E-state index in [0.717, 1.165) is 6.54 Å². The normalized spacial score (nSPS) is 24.9. The van der Waals surface area contributed by atoms with Gasteiger partial charge in [-0.25, -0.2) is 4.79 Å². The van der Waals surface area contributed by atoms with Crippen LogP contribution < -0.4 is 0 Å². The lowest BCUT2D eigenvalue weighted by molar-refractivity contribution is 0.0161. The minimum absolute atomic E-state index is 0.0252. The third-order valence-corrected chi connectivity index (χ3v) is 3.18. The minimum atomic E-state index is -0.819. The van der Waals surface area contributed by atoms with Crippen molar-refractivity contribution in [1.29, 1.82) is 0 Å². The van der Waals surface area contributed by atoms with Crippen molar-refractivity contribution in [2.24, 2.45) is 0 Å². The van der Waals surface area contributed by atoms with Gasteiger partial charge in [0.25, 0.3) is 0 Å². The van der Waals surface area contributed by atoms with Crippen LogP contribution in [-0.2, 0) is 0 Å². The van der Waals surface area contributed by atoms with Crippen molar-refractivity contribution >= 4 is 6.09 Å². The molecule has 0 aromatic carbocycles. The standard InChI is InChI=1S/C11H19N3O2/c1-11(2,3)14-7-6-12-4-5-13(10(15)16)8-9(12)14/h6-7,9H,4-5,8H2,1-3H3,(H,15,16). The minimum Gasteiger partial charge on any atom is -0.465 e. The quantitative estimate of drug-likeness (QED) is 0.673. The number of rotatable bonds is 0. The molecule has 0 aliphatic carbocycles. The van der Waals surface area contributed by atoms with E-state index in [1.165, 1.54) is 4.90 Å². The summed E-state index contributed by atoms with van der Waals surface area (Å²) in [6.07, 6.45) is 3.47. The highest BCUT2D eigenvalue weighted by atomic mass is 16.4. The van der Waals surface area contributed by atoms with Crippen molar-refractivity contribution in [2.75, 3.05) is 19.6 Å². The summed E-state index contributed by atoms with van der Waals surface area (Å²) >= 11 is 0. The first-order valence-corrected chi connectivity index (χ1v) is 5.60. The maximum absolute atomic E-state index is 11.0. The third-order valence-electron chi connectivity index (χ3n) is 3.18. The molecule has 1 amide bonds. The van der Waals surface area contributed by atoms with E-state index < -0.39 is 6.09 Å². The predicted octanol–water partition coefficient (Wildman–Crippen LogP) is 1.19. The molecule has 5 heteroatoms. The number of hydrogen-bond donors (Lipinski definition) is 1. The number of nitrogens with zero attached hydrogens (tertiary/aromatic N) is 3. The van der Waals surface area contributed by atoms with Crippen molar-refractivity contribution in [3.63, 3.8) is 0 Å². The second-order valence-corrected chi connectivity index (χ2v) is 5.32. The molecule has 2 aliphatic heterocycles. The van der Waals surface area contributed by atoms with Gasteiger partial charge in [-0.15, -0.1) is 0 Å². The zero-order chi connectivity index (χ0) is 11.9.